The van der Waals surface area contributed by atoms with Gasteiger partial charge in [0.05, 0.1) is 0 Å². The molecule has 2 atom stereocenters. The molecule has 128 valence electrons. The maximum absolute atomic E-state index is 9.65. The Balaban J connectivity index is 1.74. The van der Waals surface area contributed by atoms with E-state index in [1.807, 2.05) is 12.1 Å². The second-order valence-electron chi connectivity index (χ2n) is 5.93. The number of anilines is 2. The molecule has 3 heterocycles. The first-order chi connectivity index (χ1) is 11.6. The molecule has 1 aliphatic rings. The highest BCUT2D eigenvalue weighted by Crippen LogP contribution is 2.22. The molecule has 2 aromatic rings. The van der Waals surface area contributed by atoms with E-state index >= 15 is 0 Å². The van der Waals surface area contributed by atoms with Gasteiger partial charge in [-0.1, -0.05) is 0 Å². The van der Waals surface area contributed by atoms with Crippen molar-refractivity contribution in [2.75, 3.05) is 29.4 Å². The lowest BCUT2D eigenvalue weighted by atomic mass is 10.2. The number of aliphatic hydroxyl groups excluding tert-OH is 2. The highest BCUT2D eigenvalue weighted by atomic mass is 16.3. The number of hydrogen-bond acceptors (Lipinski definition) is 8. The fraction of sp³-hybridized carbons (Fsp3) is 0.500. The van der Waals surface area contributed by atoms with Gasteiger partial charge in [0.1, 0.15) is 24.3 Å². The number of nitrogens with zero attached hydrogens (tertiary/aromatic N) is 6. The molecule has 24 heavy (non-hydrogen) atoms. The first kappa shape index (κ1) is 16.5. The van der Waals surface area contributed by atoms with Crippen molar-refractivity contribution in [2.24, 2.45) is 0 Å². The smallest absolute Gasteiger partial charge is 0.158 e. The Hall–Kier alpha value is -2.32. The van der Waals surface area contributed by atoms with E-state index in [1.54, 1.807) is 19.3 Å². The third-order valence-corrected chi connectivity index (χ3v) is 4.11. The molecule has 0 amide bonds. The summed E-state index contributed by atoms with van der Waals surface area (Å²) in [5, 5.41) is 18.9. The Labute approximate surface area is 140 Å². The number of hydrogen-bond donors (Lipinski definition) is 2. The van der Waals surface area contributed by atoms with E-state index in [1.165, 1.54) is 0 Å². The molecule has 0 radical (unpaired) electrons. The second kappa shape index (κ2) is 7.06. The fourth-order valence-corrected chi connectivity index (χ4v) is 2.87. The molecular formula is C16H22N6O2. The molecule has 2 aromatic heterocycles. The maximum atomic E-state index is 9.65. The number of piperazine rings is 1. The summed E-state index contributed by atoms with van der Waals surface area (Å²) in [6.07, 6.45) is 2.67. The van der Waals surface area contributed by atoms with Crippen molar-refractivity contribution in [1.82, 2.24) is 19.9 Å². The number of rotatable bonds is 4. The Morgan fingerprint density at radius 1 is 1.17 bits per heavy atom. The molecule has 0 aromatic carbocycles. The predicted octanol–water partition coefficient (Wildman–Crippen LogP) is 0.527. The van der Waals surface area contributed by atoms with E-state index in [0.717, 1.165) is 31.3 Å². The lowest BCUT2D eigenvalue weighted by Crippen LogP contribution is -2.52. The summed E-state index contributed by atoms with van der Waals surface area (Å²) in [6, 6.07) is 3.95. The van der Waals surface area contributed by atoms with Gasteiger partial charge in [0.2, 0.25) is 0 Å². The van der Waals surface area contributed by atoms with Crippen molar-refractivity contribution >= 4 is 11.6 Å². The van der Waals surface area contributed by atoms with Gasteiger partial charge in [0.25, 0.3) is 0 Å². The average molecular weight is 330 g/mol. The number of aliphatic hydroxyl groups is 2. The van der Waals surface area contributed by atoms with Crippen LogP contribution >= 0.6 is 0 Å². The van der Waals surface area contributed by atoms with Gasteiger partial charge in [0.15, 0.2) is 11.6 Å². The van der Waals surface area contributed by atoms with Crippen molar-refractivity contribution in [2.45, 2.75) is 32.6 Å². The summed E-state index contributed by atoms with van der Waals surface area (Å²) in [5.41, 5.74) is 0. The average Bonchev–Trinajstić information content (AvgIpc) is 2.61. The highest BCUT2D eigenvalue weighted by Gasteiger charge is 2.26. The van der Waals surface area contributed by atoms with Crippen LogP contribution in [0.2, 0.25) is 0 Å². The quantitative estimate of drug-likeness (QED) is 0.837. The van der Waals surface area contributed by atoms with Crippen LogP contribution in [0.15, 0.2) is 24.5 Å². The molecule has 0 aliphatic carbocycles. The summed E-state index contributed by atoms with van der Waals surface area (Å²) in [5.74, 6) is 2.52. The van der Waals surface area contributed by atoms with Gasteiger partial charge >= 0.3 is 0 Å². The third kappa shape index (κ3) is 3.44. The van der Waals surface area contributed by atoms with Crippen LogP contribution in [0.1, 0.15) is 31.6 Å². The Morgan fingerprint density at radius 2 is 1.92 bits per heavy atom. The lowest BCUT2D eigenvalue weighted by molar-refractivity contribution is 0.189. The zero-order valence-electron chi connectivity index (χ0n) is 13.9. The maximum Gasteiger partial charge on any atom is 0.158 e. The summed E-state index contributed by atoms with van der Waals surface area (Å²) in [7, 11) is 0. The molecule has 0 spiro atoms. The molecular weight excluding hydrogens is 308 g/mol. The van der Waals surface area contributed by atoms with Crippen LogP contribution in [0, 0.1) is 0 Å². The summed E-state index contributed by atoms with van der Waals surface area (Å²) in [4.78, 5) is 21.3. The summed E-state index contributed by atoms with van der Waals surface area (Å²) >= 11 is 0. The van der Waals surface area contributed by atoms with Crippen LogP contribution in [0.5, 0.6) is 0 Å². The number of aromatic nitrogens is 4. The van der Waals surface area contributed by atoms with Crippen LogP contribution in [0.4, 0.5) is 11.6 Å². The van der Waals surface area contributed by atoms with Gasteiger partial charge in [-0.3, -0.25) is 0 Å². The van der Waals surface area contributed by atoms with Gasteiger partial charge in [-0.15, -0.1) is 0 Å². The molecule has 2 N–H and O–H groups in total. The van der Waals surface area contributed by atoms with Crippen LogP contribution in [0.3, 0.4) is 0 Å². The summed E-state index contributed by atoms with van der Waals surface area (Å²) < 4.78 is 0. The predicted molar refractivity (Wildman–Crippen MR) is 89.6 cm³/mol. The Kier molecular flexibility index (Phi) is 4.86. The molecule has 1 aliphatic heterocycles. The minimum Gasteiger partial charge on any atom is -0.388 e. The van der Waals surface area contributed by atoms with E-state index < -0.39 is 6.10 Å². The topological polar surface area (TPSA) is 98.5 Å². The first-order valence-electron chi connectivity index (χ1n) is 8.04. The van der Waals surface area contributed by atoms with Crippen LogP contribution in [-0.2, 0) is 6.61 Å². The molecule has 3 rings (SSSR count). The molecule has 0 saturated carbocycles. The first-order valence-corrected chi connectivity index (χ1v) is 8.04. The van der Waals surface area contributed by atoms with Crippen molar-refractivity contribution < 1.29 is 10.2 Å². The third-order valence-electron chi connectivity index (χ3n) is 4.11. The zero-order valence-corrected chi connectivity index (χ0v) is 13.9. The van der Waals surface area contributed by atoms with Gasteiger partial charge < -0.3 is 20.0 Å². The van der Waals surface area contributed by atoms with E-state index in [0.29, 0.717) is 11.6 Å². The van der Waals surface area contributed by atoms with Gasteiger partial charge in [-0.05, 0) is 26.0 Å². The standard InChI is InChI=1S/C16H22N6O2/c1-11-9-21(14-3-6-18-16(20-14)12(2)24)7-8-22(11)15-4-5-17-13(10-23)19-15/h3-6,11-12,23-24H,7-10H2,1-2H3. The van der Waals surface area contributed by atoms with E-state index in [-0.39, 0.29) is 12.6 Å². The molecule has 1 saturated heterocycles. The van der Waals surface area contributed by atoms with Crippen molar-refractivity contribution in [3.05, 3.63) is 36.2 Å². The fourth-order valence-electron chi connectivity index (χ4n) is 2.87. The van der Waals surface area contributed by atoms with Crippen LogP contribution in [0.25, 0.3) is 0 Å². The Morgan fingerprint density at radius 3 is 2.62 bits per heavy atom. The van der Waals surface area contributed by atoms with Crippen LogP contribution in [-0.4, -0.2) is 55.8 Å². The highest BCUT2D eigenvalue weighted by molar-refractivity contribution is 5.45. The van der Waals surface area contributed by atoms with Crippen molar-refractivity contribution in [1.29, 1.82) is 0 Å². The Bertz CT molecular complexity index is 696. The molecule has 8 heteroatoms. The van der Waals surface area contributed by atoms with Crippen molar-refractivity contribution in [3.63, 3.8) is 0 Å². The lowest BCUT2D eigenvalue weighted by Gasteiger charge is -2.41. The van der Waals surface area contributed by atoms with Crippen molar-refractivity contribution in [3.8, 4) is 0 Å². The monoisotopic (exact) mass is 330 g/mol. The molecule has 2 unspecified atom stereocenters. The minimum atomic E-state index is -0.679. The molecule has 0 bridgehead atoms. The SMILES string of the molecule is CC(O)c1nccc(N2CCN(c3ccnc(CO)n3)C(C)C2)n1. The van der Waals surface area contributed by atoms with E-state index in [2.05, 4.69) is 36.7 Å². The molecule has 8 nitrogen and oxygen atoms in total. The largest absolute Gasteiger partial charge is 0.388 e. The van der Waals surface area contributed by atoms with E-state index in [4.69, 9.17) is 0 Å². The van der Waals surface area contributed by atoms with E-state index in [9.17, 15) is 10.2 Å². The summed E-state index contributed by atoms with van der Waals surface area (Å²) in [6.45, 7) is 5.99. The van der Waals surface area contributed by atoms with Crippen LogP contribution < -0.4 is 9.80 Å². The second-order valence-corrected chi connectivity index (χ2v) is 5.93. The zero-order chi connectivity index (χ0) is 17.1. The molecule has 1 fully saturated rings. The minimum absolute atomic E-state index is 0.161. The normalized spacial score (nSPS) is 19.4. The van der Waals surface area contributed by atoms with Gasteiger partial charge in [-0.2, -0.15) is 0 Å². The van der Waals surface area contributed by atoms with Gasteiger partial charge in [0, 0.05) is 38.1 Å². The van der Waals surface area contributed by atoms with Gasteiger partial charge in [-0.25, -0.2) is 19.9 Å².